The van der Waals surface area contributed by atoms with E-state index in [4.69, 9.17) is 30.5 Å². The number of fused-ring (bicyclic) bond motifs is 1. The smallest absolute Gasteiger partial charge is 0.195 e. The summed E-state index contributed by atoms with van der Waals surface area (Å²) in [5, 5.41) is 3.13. The van der Waals surface area contributed by atoms with Gasteiger partial charge in [-0.2, -0.15) is 0 Å². The summed E-state index contributed by atoms with van der Waals surface area (Å²) in [6, 6.07) is 1.75. The molecule has 6 heteroatoms. The maximum absolute atomic E-state index is 5.69. The maximum atomic E-state index is 5.69. The molecule has 2 rings (SSSR count). The van der Waals surface area contributed by atoms with Crippen LogP contribution in [-0.2, 0) is 9.47 Å². The van der Waals surface area contributed by atoms with Crippen LogP contribution in [0.15, 0.2) is 21.2 Å². The van der Waals surface area contributed by atoms with Crippen LogP contribution >= 0.6 is 12.2 Å². The summed E-state index contributed by atoms with van der Waals surface area (Å²) in [5.74, 6) is 0.623. The fourth-order valence-corrected chi connectivity index (χ4v) is 1.88. The van der Waals surface area contributed by atoms with Crippen LogP contribution < -0.4 is 5.32 Å². The van der Waals surface area contributed by atoms with Gasteiger partial charge in [0.1, 0.15) is 0 Å². The van der Waals surface area contributed by atoms with Crippen LogP contribution in [0.4, 0.5) is 5.88 Å². The number of rotatable bonds is 7. The van der Waals surface area contributed by atoms with E-state index in [-0.39, 0.29) is 0 Å². The molecule has 0 unspecified atom stereocenters. The van der Waals surface area contributed by atoms with Crippen molar-refractivity contribution in [2.24, 2.45) is 0 Å². The van der Waals surface area contributed by atoms with Gasteiger partial charge < -0.3 is 23.6 Å². The molecule has 0 spiro atoms. The van der Waals surface area contributed by atoms with Gasteiger partial charge in [-0.25, -0.2) is 0 Å². The molecule has 0 atom stereocenters. The lowest BCUT2D eigenvalue weighted by molar-refractivity contribution is 0.0758. The van der Waals surface area contributed by atoms with E-state index in [1.807, 2.05) is 6.92 Å². The van der Waals surface area contributed by atoms with Crippen molar-refractivity contribution in [2.45, 2.75) is 6.92 Å². The Morgan fingerprint density at radius 3 is 2.89 bits per heavy atom. The maximum Gasteiger partial charge on any atom is 0.195 e. The summed E-state index contributed by atoms with van der Waals surface area (Å²) in [6.45, 7) is 4.32. The van der Waals surface area contributed by atoms with Crippen molar-refractivity contribution in [3.63, 3.8) is 0 Å². The number of ether oxygens (including phenoxy) is 2. The molecular formula is C13H17NO4S. The molecule has 0 fully saturated rings. The van der Waals surface area contributed by atoms with Gasteiger partial charge in [-0.05, 0) is 6.92 Å². The van der Waals surface area contributed by atoms with Gasteiger partial charge in [0.2, 0.25) is 0 Å². The first kappa shape index (κ1) is 14.0. The molecule has 0 saturated carbocycles. The third kappa shape index (κ3) is 3.56. The highest BCUT2D eigenvalue weighted by Crippen LogP contribution is 2.25. The summed E-state index contributed by atoms with van der Waals surface area (Å²) in [5.41, 5.74) is 2.24. The van der Waals surface area contributed by atoms with E-state index < -0.39 is 0 Å². The predicted octanol–water partition coefficient (Wildman–Crippen LogP) is 3.14. The Morgan fingerprint density at radius 1 is 1.26 bits per heavy atom. The molecule has 0 aliphatic carbocycles. The lowest BCUT2D eigenvalue weighted by Gasteiger charge is -2.06. The average Bonchev–Trinajstić information content (AvgIpc) is 2.76. The topological polar surface area (TPSA) is 56.8 Å². The van der Waals surface area contributed by atoms with E-state index in [0.717, 1.165) is 5.56 Å². The van der Waals surface area contributed by atoms with Crippen LogP contribution in [0.2, 0.25) is 0 Å². The highest BCUT2D eigenvalue weighted by molar-refractivity contribution is 7.71. The third-order valence-corrected chi connectivity index (χ3v) is 2.90. The fourth-order valence-electron chi connectivity index (χ4n) is 1.63. The molecule has 0 aliphatic rings. The van der Waals surface area contributed by atoms with Crippen LogP contribution in [-0.4, -0.2) is 33.5 Å². The molecule has 0 saturated heterocycles. The number of furan rings is 1. The minimum absolute atomic E-state index is 0.577. The third-order valence-electron chi connectivity index (χ3n) is 2.59. The second-order valence-electron chi connectivity index (χ2n) is 4.08. The van der Waals surface area contributed by atoms with Crippen LogP contribution in [0.25, 0.3) is 11.2 Å². The predicted molar refractivity (Wildman–Crippen MR) is 75.2 cm³/mol. The standard InChI is InChI=1S/C13H17NO4S/c1-9-8-17-13-10(19)7-11(18-12(9)13)14-3-4-16-6-5-15-2/h7-8,14H,3-6H2,1-2H3. The summed E-state index contributed by atoms with van der Waals surface area (Å²) in [6.07, 6.45) is 1.64. The zero-order valence-corrected chi connectivity index (χ0v) is 11.8. The molecule has 5 nitrogen and oxygen atoms in total. The van der Waals surface area contributed by atoms with Gasteiger partial charge in [0.05, 0.1) is 30.6 Å². The first-order valence-corrected chi connectivity index (χ1v) is 6.45. The Labute approximate surface area is 116 Å². The highest BCUT2D eigenvalue weighted by Gasteiger charge is 2.08. The molecule has 0 bridgehead atoms. The summed E-state index contributed by atoms with van der Waals surface area (Å²) in [7, 11) is 1.65. The van der Waals surface area contributed by atoms with Gasteiger partial charge in [-0.3, -0.25) is 0 Å². The molecule has 2 aromatic heterocycles. The fraction of sp³-hybridized carbons (Fsp3) is 0.462. The molecule has 2 aromatic rings. The van der Waals surface area contributed by atoms with Crippen LogP contribution in [0.1, 0.15) is 5.56 Å². The van der Waals surface area contributed by atoms with Crippen LogP contribution in [0.5, 0.6) is 0 Å². The van der Waals surface area contributed by atoms with Crippen LogP contribution in [0, 0.1) is 11.4 Å². The quantitative estimate of drug-likeness (QED) is 0.622. The van der Waals surface area contributed by atoms with Crippen LogP contribution in [0.3, 0.4) is 0 Å². The van der Waals surface area contributed by atoms with Crippen molar-refractivity contribution in [2.75, 3.05) is 38.8 Å². The van der Waals surface area contributed by atoms with Gasteiger partial charge in [0, 0.05) is 25.3 Å². The molecule has 0 aliphatic heterocycles. The van der Waals surface area contributed by atoms with E-state index in [1.165, 1.54) is 0 Å². The van der Waals surface area contributed by atoms with E-state index >= 15 is 0 Å². The van der Waals surface area contributed by atoms with Crippen molar-refractivity contribution in [3.8, 4) is 0 Å². The number of nitrogens with one attached hydrogen (secondary N) is 1. The molecular weight excluding hydrogens is 266 g/mol. The number of aryl methyl sites for hydroxylation is 1. The molecule has 0 amide bonds. The Morgan fingerprint density at radius 2 is 2.11 bits per heavy atom. The minimum Gasteiger partial charge on any atom is -0.459 e. The number of anilines is 1. The van der Waals surface area contributed by atoms with Gasteiger partial charge in [-0.15, -0.1) is 0 Å². The summed E-state index contributed by atoms with van der Waals surface area (Å²) < 4.78 is 21.9. The zero-order chi connectivity index (χ0) is 13.7. The van der Waals surface area contributed by atoms with E-state index in [9.17, 15) is 0 Å². The Bertz CT molecular complexity index is 590. The van der Waals surface area contributed by atoms with Crippen molar-refractivity contribution in [1.29, 1.82) is 0 Å². The number of methoxy groups -OCH3 is 1. The summed E-state index contributed by atoms with van der Waals surface area (Å²) >= 11 is 5.25. The largest absolute Gasteiger partial charge is 0.459 e. The summed E-state index contributed by atoms with van der Waals surface area (Å²) in [4.78, 5) is 0. The van der Waals surface area contributed by atoms with Gasteiger partial charge >= 0.3 is 0 Å². The van der Waals surface area contributed by atoms with Crippen molar-refractivity contribution in [3.05, 3.63) is 22.4 Å². The lowest BCUT2D eigenvalue weighted by atomic mass is 10.3. The molecule has 2 heterocycles. The second kappa shape index (κ2) is 6.70. The zero-order valence-electron chi connectivity index (χ0n) is 11.0. The Kier molecular flexibility index (Phi) is 4.95. The first-order valence-electron chi connectivity index (χ1n) is 6.05. The van der Waals surface area contributed by atoms with Gasteiger partial charge in [0.25, 0.3) is 0 Å². The van der Waals surface area contributed by atoms with Gasteiger partial charge in [-0.1, -0.05) is 12.2 Å². The van der Waals surface area contributed by atoms with E-state index in [0.29, 0.717) is 47.9 Å². The van der Waals surface area contributed by atoms with Crippen molar-refractivity contribution >= 4 is 29.3 Å². The van der Waals surface area contributed by atoms with Crippen molar-refractivity contribution < 1.29 is 18.3 Å². The Hall–Kier alpha value is -1.37. The normalized spacial score (nSPS) is 11.1. The number of hydrogen-bond acceptors (Lipinski definition) is 6. The lowest BCUT2D eigenvalue weighted by Crippen LogP contribution is -2.11. The molecule has 1 N–H and O–H groups in total. The number of hydrogen-bond donors (Lipinski definition) is 1. The average molecular weight is 283 g/mol. The second-order valence-corrected chi connectivity index (χ2v) is 4.52. The SMILES string of the molecule is COCCOCCNc1cc(=S)c2occ(C)c2o1. The van der Waals surface area contributed by atoms with E-state index in [2.05, 4.69) is 5.32 Å². The van der Waals surface area contributed by atoms with Gasteiger partial charge in [0.15, 0.2) is 17.1 Å². The molecule has 0 radical (unpaired) electrons. The molecule has 19 heavy (non-hydrogen) atoms. The molecule has 104 valence electrons. The minimum atomic E-state index is 0.577. The van der Waals surface area contributed by atoms with E-state index in [1.54, 1.807) is 19.4 Å². The highest BCUT2D eigenvalue weighted by atomic mass is 32.1. The van der Waals surface area contributed by atoms with Crippen molar-refractivity contribution in [1.82, 2.24) is 0 Å². The Balaban J connectivity index is 1.94. The monoisotopic (exact) mass is 283 g/mol. The first-order chi connectivity index (χ1) is 9.22. The molecule has 0 aromatic carbocycles.